The number of nitrogens with one attached hydrogen (secondary N) is 1. The average molecular weight is 389 g/mol. The highest BCUT2D eigenvalue weighted by Crippen LogP contribution is 2.28. The third-order valence-corrected chi connectivity index (χ3v) is 4.31. The Morgan fingerprint density at radius 3 is 2.41 bits per heavy atom. The molecule has 4 rings (SSSR count). The van der Waals surface area contributed by atoms with E-state index in [4.69, 9.17) is 16.3 Å². The SMILES string of the molecule is CCOc1ccc(-c2nc(C(N)=O)c3nc(NN)n(-c4ccccc4)c3n2)cc1. The van der Waals surface area contributed by atoms with Gasteiger partial charge in [0.2, 0.25) is 5.95 Å². The molecule has 0 saturated heterocycles. The molecule has 0 atom stereocenters. The number of carbonyl (C=O) groups is 1. The Hall–Kier alpha value is -3.98. The normalized spacial score (nSPS) is 10.8. The van der Waals surface area contributed by atoms with Gasteiger partial charge in [0.05, 0.1) is 12.3 Å². The van der Waals surface area contributed by atoms with Crippen molar-refractivity contribution in [3.63, 3.8) is 0 Å². The van der Waals surface area contributed by atoms with Crippen LogP contribution < -0.4 is 21.7 Å². The van der Waals surface area contributed by atoms with E-state index in [2.05, 4.69) is 20.4 Å². The molecular weight excluding hydrogens is 370 g/mol. The van der Waals surface area contributed by atoms with E-state index in [0.717, 1.165) is 11.4 Å². The second kappa shape index (κ2) is 7.56. The lowest BCUT2D eigenvalue weighted by Gasteiger charge is -2.09. The Kier molecular flexibility index (Phi) is 4.80. The molecular formula is C20H19N7O2. The number of rotatable bonds is 6. The average Bonchev–Trinajstić information content (AvgIpc) is 3.13. The minimum atomic E-state index is -0.703. The summed E-state index contributed by atoms with van der Waals surface area (Å²) in [6, 6.07) is 16.7. The maximum Gasteiger partial charge on any atom is 0.269 e. The van der Waals surface area contributed by atoms with Gasteiger partial charge in [-0.1, -0.05) is 18.2 Å². The molecule has 0 aliphatic carbocycles. The van der Waals surface area contributed by atoms with Crippen LogP contribution in [0.3, 0.4) is 0 Å². The molecule has 4 aromatic rings. The fraction of sp³-hybridized carbons (Fsp3) is 0.100. The van der Waals surface area contributed by atoms with Crippen LogP contribution in [0.15, 0.2) is 54.6 Å². The molecule has 146 valence electrons. The van der Waals surface area contributed by atoms with Crippen molar-refractivity contribution >= 4 is 23.0 Å². The number of nitrogens with two attached hydrogens (primary N) is 2. The summed E-state index contributed by atoms with van der Waals surface area (Å²) in [6.45, 7) is 2.48. The molecule has 2 heterocycles. The molecule has 0 saturated carbocycles. The fourth-order valence-corrected chi connectivity index (χ4v) is 3.04. The van der Waals surface area contributed by atoms with Crippen LogP contribution in [0.25, 0.3) is 28.2 Å². The quantitative estimate of drug-likeness (QED) is 0.340. The number of nitrogens with zero attached hydrogens (tertiary/aromatic N) is 4. The number of para-hydroxylation sites is 1. The molecule has 0 aliphatic rings. The van der Waals surface area contributed by atoms with E-state index < -0.39 is 5.91 Å². The number of primary amides is 1. The highest BCUT2D eigenvalue weighted by Gasteiger charge is 2.21. The van der Waals surface area contributed by atoms with Crippen molar-refractivity contribution in [1.29, 1.82) is 0 Å². The zero-order chi connectivity index (χ0) is 20.4. The van der Waals surface area contributed by atoms with Gasteiger partial charge in [-0.25, -0.2) is 20.8 Å². The number of nitrogen functional groups attached to an aromatic ring is 1. The van der Waals surface area contributed by atoms with Gasteiger partial charge in [0.15, 0.2) is 17.2 Å². The van der Waals surface area contributed by atoms with Gasteiger partial charge in [-0.2, -0.15) is 0 Å². The van der Waals surface area contributed by atoms with Gasteiger partial charge in [0.1, 0.15) is 11.3 Å². The van der Waals surface area contributed by atoms with E-state index in [1.165, 1.54) is 0 Å². The monoisotopic (exact) mass is 389 g/mol. The third-order valence-electron chi connectivity index (χ3n) is 4.31. The van der Waals surface area contributed by atoms with Crippen LogP contribution >= 0.6 is 0 Å². The molecule has 0 aliphatic heterocycles. The maximum atomic E-state index is 12.1. The lowest BCUT2D eigenvalue weighted by molar-refractivity contribution is 0.0997. The Morgan fingerprint density at radius 2 is 1.79 bits per heavy atom. The summed E-state index contributed by atoms with van der Waals surface area (Å²) in [6.07, 6.45) is 0. The van der Waals surface area contributed by atoms with E-state index >= 15 is 0 Å². The van der Waals surface area contributed by atoms with E-state index in [1.807, 2.05) is 61.5 Å². The van der Waals surface area contributed by atoms with Crippen molar-refractivity contribution in [2.24, 2.45) is 11.6 Å². The predicted octanol–water partition coefficient (Wildman–Crippen LogP) is 2.27. The zero-order valence-electron chi connectivity index (χ0n) is 15.7. The minimum absolute atomic E-state index is 0.0186. The first kappa shape index (κ1) is 18.4. The van der Waals surface area contributed by atoms with E-state index in [-0.39, 0.29) is 11.2 Å². The molecule has 9 nitrogen and oxygen atoms in total. The van der Waals surface area contributed by atoms with E-state index in [9.17, 15) is 4.79 Å². The number of anilines is 1. The first-order valence-corrected chi connectivity index (χ1v) is 8.98. The second-order valence-corrected chi connectivity index (χ2v) is 6.14. The molecule has 0 spiro atoms. The second-order valence-electron chi connectivity index (χ2n) is 6.14. The van der Waals surface area contributed by atoms with Crippen molar-refractivity contribution in [3.05, 3.63) is 60.3 Å². The lowest BCUT2D eigenvalue weighted by Crippen LogP contribution is -2.15. The van der Waals surface area contributed by atoms with Crippen LogP contribution in [0.1, 0.15) is 17.4 Å². The van der Waals surface area contributed by atoms with E-state index in [1.54, 1.807) is 4.57 Å². The standard InChI is InChI=1S/C20H19N7O2/c1-2-29-14-10-8-12(9-11-14)18-23-15(17(21)28)16-19(25-18)27(20(24-16)26-22)13-6-4-3-5-7-13/h3-11H,2,22H2,1H3,(H2,21,28)(H,24,26). The lowest BCUT2D eigenvalue weighted by atomic mass is 10.2. The Bertz CT molecular complexity index is 1170. The van der Waals surface area contributed by atoms with Gasteiger partial charge in [-0.3, -0.25) is 14.8 Å². The molecule has 2 aromatic carbocycles. The van der Waals surface area contributed by atoms with Crippen molar-refractivity contribution < 1.29 is 9.53 Å². The summed E-state index contributed by atoms with van der Waals surface area (Å²) < 4.78 is 7.18. The summed E-state index contributed by atoms with van der Waals surface area (Å²) in [5, 5.41) is 0. The number of benzene rings is 2. The summed E-state index contributed by atoms with van der Waals surface area (Å²) in [7, 11) is 0. The van der Waals surface area contributed by atoms with Crippen molar-refractivity contribution in [3.8, 4) is 22.8 Å². The summed E-state index contributed by atoms with van der Waals surface area (Å²) in [4.78, 5) is 25.5. The summed E-state index contributed by atoms with van der Waals surface area (Å²) in [5.74, 6) is 6.35. The molecule has 29 heavy (non-hydrogen) atoms. The predicted molar refractivity (Wildman–Crippen MR) is 110 cm³/mol. The number of hydrogen-bond donors (Lipinski definition) is 3. The van der Waals surface area contributed by atoms with Crippen LogP contribution in [0.2, 0.25) is 0 Å². The highest BCUT2D eigenvalue weighted by atomic mass is 16.5. The van der Waals surface area contributed by atoms with Crippen LogP contribution in [0.5, 0.6) is 5.75 Å². The largest absolute Gasteiger partial charge is 0.494 e. The van der Waals surface area contributed by atoms with E-state index in [0.29, 0.717) is 29.6 Å². The van der Waals surface area contributed by atoms with Crippen LogP contribution in [0, 0.1) is 0 Å². The number of hydrogen-bond acceptors (Lipinski definition) is 7. The molecule has 9 heteroatoms. The fourth-order valence-electron chi connectivity index (χ4n) is 3.04. The molecule has 0 radical (unpaired) electrons. The van der Waals surface area contributed by atoms with Crippen LogP contribution in [0.4, 0.5) is 5.95 Å². The molecule has 5 N–H and O–H groups in total. The Balaban J connectivity index is 1.96. The summed E-state index contributed by atoms with van der Waals surface area (Å²) in [5.41, 5.74) is 10.3. The molecule has 0 bridgehead atoms. The summed E-state index contributed by atoms with van der Waals surface area (Å²) >= 11 is 0. The van der Waals surface area contributed by atoms with Gasteiger partial charge in [-0.05, 0) is 43.3 Å². The first-order chi connectivity index (χ1) is 14.1. The first-order valence-electron chi connectivity index (χ1n) is 8.98. The number of hydrazine groups is 1. The third kappa shape index (κ3) is 3.34. The highest BCUT2D eigenvalue weighted by molar-refractivity contribution is 6.02. The number of imidazole rings is 1. The number of carbonyl (C=O) groups excluding carboxylic acids is 1. The number of amides is 1. The zero-order valence-corrected chi connectivity index (χ0v) is 15.7. The Morgan fingerprint density at radius 1 is 1.07 bits per heavy atom. The van der Waals surface area contributed by atoms with Gasteiger partial charge < -0.3 is 10.5 Å². The van der Waals surface area contributed by atoms with Crippen LogP contribution in [-0.2, 0) is 0 Å². The van der Waals surface area contributed by atoms with Gasteiger partial charge in [0.25, 0.3) is 5.91 Å². The smallest absolute Gasteiger partial charge is 0.269 e. The van der Waals surface area contributed by atoms with Crippen molar-refractivity contribution in [2.45, 2.75) is 6.92 Å². The van der Waals surface area contributed by atoms with Gasteiger partial charge in [0, 0.05) is 5.56 Å². The number of ether oxygens (including phenoxy) is 1. The topological polar surface area (TPSA) is 134 Å². The number of fused-ring (bicyclic) bond motifs is 1. The minimum Gasteiger partial charge on any atom is -0.494 e. The van der Waals surface area contributed by atoms with Gasteiger partial charge in [-0.15, -0.1) is 0 Å². The van der Waals surface area contributed by atoms with Crippen molar-refractivity contribution in [1.82, 2.24) is 19.5 Å². The molecule has 0 fully saturated rings. The van der Waals surface area contributed by atoms with Crippen molar-refractivity contribution in [2.75, 3.05) is 12.0 Å². The molecule has 0 unspecified atom stereocenters. The molecule has 1 amide bonds. The molecule has 2 aromatic heterocycles. The Labute approximate surface area is 166 Å². The number of aromatic nitrogens is 4. The van der Waals surface area contributed by atoms with Crippen LogP contribution in [-0.4, -0.2) is 32.0 Å². The van der Waals surface area contributed by atoms with Gasteiger partial charge >= 0.3 is 0 Å². The maximum absolute atomic E-state index is 12.1.